The van der Waals surface area contributed by atoms with E-state index in [1.807, 2.05) is 5.43 Å². The lowest BCUT2D eigenvalue weighted by Gasteiger charge is -2.30. The standard InChI is InChI=1S/C10H16F3N5O2/c1-2-9(4-19,5-20)17-7-3-6(10(11,12)13)15-8(16-7)18-14/h3,19-20H,2,4-5,14H2,1H3,(H2,15,16,17,18). The molecule has 0 aliphatic carbocycles. The van der Waals surface area contributed by atoms with E-state index >= 15 is 0 Å². The molecular formula is C10H16F3N5O2. The lowest BCUT2D eigenvalue weighted by atomic mass is 9.98. The van der Waals surface area contributed by atoms with Crippen molar-refractivity contribution in [2.24, 2.45) is 5.84 Å². The summed E-state index contributed by atoms with van der Waals surface area (Å²) in [5.74, 6) is 4.39. The lowest BCUT2D eigenvalue weighted by molar-refractivity contribution is -0.141. The van der Waals surface area contributed by atoms with Gasteiger partial charge in [-0.15, -0.1) is 0 Å². The molecule has 10 heteroatoms. The number of hydrogen-bond donors (Lipinski definition) is 5. The quantitative estimate of drug-likeness (QED) is 0.379. The van der Waals surface area contributed by atoms with E-state index in [2.05, 4.69) is 15.3 Å². The number of aromatic nitrogens is 2. The van der Waals surface area contributed by atoms with Gasteiger partial charge in [0.15, 0.2) is 5.69 Å². The molecule has 0 aromatic carbocycles. The van der Waals surface area contributed by atoms with Crippen LogP contribution in [0.4, 0.5) is 24.9 Å². The van der Waals surface area contributed by atoms with Gasteiger partial charge < -0.3 is 15.5 Å². The van der Waals surface area contributed by atoms with Crippen molar-refractivity contribution in [2.75, 3.05) is 24.0 Å². The van der Waals surface area contributed by atoms with Crippen molar-refractivity contribution in [3.05, 3.63) is 11.8 Å². The Morgan fingerprint density at radius 3 is 2.25 bits per heavy atom. The second-order valence-corrected chi connectivity index (χ2v) is 4.18. The number of nitrogens with one attached hydrogen (secondary N) is 2. The molecule has 0 spiro atoms. The van der Waals surface area contributed by atoms with Crippen molar-refractivity contribution in [1.29, 1.82) is 0 Å². The highest BCUT2D eigenvalue weighted by Gasteiger charge is 2.35. The van der Waals surface area contributed by atoms with Gasteiger partial charge >= 0.3 is 6.18 Å². The van der Waals surface area contributed by atoms with Crippen molar-refractivity contribution >= 4 is 11.8 Å². The van der Waals surface area contributed by atoms with Crippen LogP contribution in [0, 0.1) is 0 Å². The number of aliphatic hydroxyl groups is 2. The van der Waals surface area contributed by atoms with Gasteiger partial charge in [-0.3, -0.25) is 5.43 Å². The largest absolute Gasteiger partial charge is 0.433 e. The van der Waals surface area contributed by atoms with Crippen LogP contribution in [0.3, 0.4) is 0 Å². The number of alkyl halides is 3. The molecule has 7 nitrogen and oxygen atoms in total. The van der Waals surface area contributed by atoms with Crippen molar-refractivity contribution in [1.82, 2.24) is 9.97 Å². The van der Waals surface area contributed by atoms with Crippen LogP contribution in [0.5, 0.6) is 0 Å². The SMILES string of the molecule is CCC(CO)(CO)Nc1cc(C(F)(F)F)nc(NN)n1. The zero-order chi connectivity index (χ0) is 15.4. The minimum Gasteiger partial charge on any atom is -0.394 e. The molecule has 0 aliphatic heterocycles. The average molecular weight is 295 g/mol. The fourth-order valence-electron chi connectivity index (χ4n) is 1.43. The van der Waals surface area contributed by atoms with E-state index < -0.39 is 36.6 Å². The van der Waals surface area contributed by atoms with Gasteiger partial charge in [0.05, 0.1) is 18.8 Å². The number of nitrogens with zero attached hydrogens (tertiary/aromatic N) is 2. The zero-order valence-electron chi connectivity index (χ0n) is 10.7. The van der Waals surface area contributed by atoms with Crippen molar-refractivity contribution in [3.8, 4) is 0 Å². The second-order valence-electron chi connectivity index (χ2n) is 4.18. The molecule has 1 aromatic rings. The van der Waals surface area contributed by atoms with Crippen LogP contribution in [0.2, 0.25) is 0 Å². The average Bonchev–Trinajstić information content (AvgIpc) is 2.43. The molecule has 114 valence electrons. The van der Waals surface area contributed by atoms with E-state index in [4.69, 9.17) is 5.84 Å². The molecule has 0 saturated heterocycles. The van der Waals surface area contributed by atoms with E-state index in [-0.39, 0.29) is 12.2 Å². The van der Waals surface area contributed by atoms with Crippen LogP contribution >= 0.6 is 0 Å². The van der Waals surface area contributed by atoms with Crippen LogP contribution in [0.1, 0.15) is 19.0 Å². The van der Waals surface area contributed by atoms with E-state index in [0.29, 0.717) is 6.07 Å². The number of nitrogens with two attached hydrogens (primary N) is 1. The number of rotatable bonds is 6. The maximum atomic E-state index is 12.7. The number of halogens is 3. The summed E-state index contributed by atoms with van der Waals surface area (Å²) < 4.78 is 38.0. The summed E-state index contributed by atoms with van der Waals surface area (Å²) >= 11 is 0. The van der Waals surface area contributed by atoms with E-state index in [9.17, 15) is 23.4 Å². The molecule has 1 rings (SSSR count). The van der Waals surface area contributed by atoms with Gasteiger partial charge in [0.2, 0.25) is 5.95 Å². The van der Waals surface area contributed by atoms with Gasteiger partial charge in [-0.25, -0.2) is 10.8 Å². The summed E-state index contributed by atoms with van der Waals surface area (Å²) in [4.78, 5) is 6.91. The maximum Gasteiger partial charge on any atom is 0.433 e. The number of anilines is 2. The van der Waals surface area contributed by atoms with Crippen molar-refractivity contribution < 1.29 is 23.4 Å². The maximum absolute atomic E-state index is 12.7. The number of aliphatic hydroxyl groups excluding tert-OH is 2. The first-order valence-electron chi connectivity index (χ1n) is 5.73. The van der Waals surface area contributed by atoms with E-state index in [1.165, 1.54) is 0 Å². The Bertz CT molecular complexity index is 443. The minimum atomic E-state index is -4.67. The number of nitrogen functional groups attached to an aromatic ring is 1. The van der Waals surface area contributed by atoms with E-state index in [0.717, 1.165) is 0 Å². The van der Waals surface area contributed by atoms with Crippen LogP contribution in [0.25, 0.3) is 0 Å². The predicted molar refractivity (Wildman–Crippen MR) is 65.7 cm³/mol. The Morgan fingerprint density at radius 2 is 1.85 bits per heavy atom. The van der Waals surface area contributed by atoms with Crippen LogP contribution in [-0.2, 0) is 6.18 Å². The van der Waals surface area contributed by atoms with E-state index in [1.54, 1.807) is 6.92 Å². The summed E-state index contributed by atoms with van der Waals surface area (Å²) in [6.07, 6.45) is -4.39. The predicted octanol–water partition coefficient (Wildman–Crippen LogP) is 0.326. The van der Waals surface area contributed by atoms with Gasteiger partial charge in [0.25, 0.3) is 0 Å². The molecule has 20 heavy (non-hydrogen) atoms. The van der Waals surface area contributed by atoms with Crippen molar-refractivity contribution in [3.63, 3.8) is 0 Å². The van der Waals surface area contributed by atoms with Gasteiger partial charge in [-0.2, -0.15) is 18.2 Å². The molecule has 0 amide bonds. The third-order valence-corrected chi connectivity index (χ3v) is 2.82. The third kappa shape index (κ3) is 3.68. The molecule has 0 fully saturated rings. The monoisotopic (exact) mass is 295 g/mol. The van der Waals surface area contributed by atoms with Crippen LogP contribution in [-0.4, -0.2) is 38.9 Å². The zero-order valence-corrected chi connectivity index (χ0v) is 10.7. The minimum absolute atomic E-state index is 0.203. The topological polar surface area (TPSA) is 116 Å². The first-order chi connectivity index (χ1) is 9.30. The summed E-state index contributed by atoms with van der Waals surface area (Å²) in [6.45, 7) is 0.709. The van der Waals surface area contributed by atoms with Gasteiger partial charge in [-0.05, 0) is 6.42 Å². The Balaban J connectivity index is 3.18. The summed E-state index contributed by atoms with van der Waals surface area (Å²) in [5.41, 5.74) is -0.436. The smallest absolute Gasteiger partial charge is 0.394 e. The molecule has 0 bridgehead atoms. The molecule has 1 heterocycles. The molecule has 1 aromatic heterocycles. The Kier molecular flexibility index (Phi) is 5.09. The van der Waals surface area contributed by atoms with Gasteiger partial charge in [0.1, 0.15) is 5.82 Å². The Hall–Kier alpha value is -1.65. The van der Waals surface area contributed by atoms with Crippen LogP contribution in [0.15, 0.2) is 6.07 Å². The van der Waals surface area contributed by atoms with Crippen molar-refractivity contribution in [2.45, 2.75) is 25.1 Å². The molecule has 0 radical (unpaired) electrons. The molecule has 0 unspecified atom stereocenters. The van der Waals surface area contributed by atoms with Crippen LogP contribution < -0.4 is 16.6 Å². The summed E-state index contributed by atoms with van der Waals surface area (Å²) in [7, 11) is 0. The molecule has 0 atom stereocenters. The molecule has 0 saturated carbocycles. The molecule has 6 N–H and O–H groups in total. The highest BCUT2D eigenvalue weighted by Crippen LogP contribution is 2.30. The van der Waals surface area contributed by atoms with Gasteiger partial charge in [0, 0.05) is 6.07 Å². The number of hydrogen-bond acceptors (Lipinski definition) is 7. The lowest BCUT2D eigenvalue weighted by Crippen LogP contribution is -2.45. The molecular weight excluding hydrogens is 279 g/mol. The fraction of sp³-hybridized carbons (Fsp3) is 0.600. The highest BCUT2D eigenvalue weighted by molar-refractivity contribution is 5.44. The number of hydrazine groups is 1. The first-order valence-corrected chi connectivity index (χ1v) is 5.73. The Labute approximate surface area is 113 Å². The normalized spacial score (nSPS) is 12.3. The van der Waals surface area contributed by atoms with Gasteiger partial charge in [-0.1, -0.05) is 6.92 Å². The molecule has 0 aliphatic rings. The fourth-order valence-corrected chi connectivity index (χ4v) is 1.43. The third-order valence-electron chi connectivity index (χ3n) is 2.82. The second kappa shape index (κ2) is 6.20. The summed E-state index contributed by atoms with van der Waals surface area (Å²) in [6, 6.07) is 0.677. The Morgan fingerprint density at radius 1 is 1.25 bits per heavy atom. The first kappa shape index (κ1) is 16.4. The summed E-state index contributed by atoms with van der Waals surface area (Å²) in [5, 5.41) is 21.1. The highest BCUT2D eigenvalue weighted by atomic mass is 19.4.